The molecule has 1 aromatic carbocycles. The van der Waals surface area contributed by atoms with Crippen molar-refractivity contribution in [3.05, 3.63) is 30.1 Å². The Hall–Kier alpha value is -1.03. The highest BCUT2D eigenvalue weighted by Crippen LogP contribution is 2.26. The second-order valence-corrected chi connectivity index (χ2v) is 9.01. The zero-order valence-corrected chi connectivity index (χ0v) is 13.8. The minimum Gasteiger partial charge on any atom is -0.214 e. The number of hydrogen-bond donors (Lipinski definition) is 1. The van der Waals surface area contributed by atoms with E-state index in [0.29, 0.717) is 12.8 Å². The van der Waals surface area contributed by atoms with Crippen molar-refractivity contribution in [2.24, 2.45) is 0 Å². The molecular weight excluding hydrogens is 331 g/mol. The van der Waals surface area contributed by atoms with Crippen LogP contribution in [0.5, 0.6) is 0 Å². The fourth-order valence-electron chi connectivity index (χ4n) is 2.52. The predicted molar refractivity (Wildman–Crippen MR) is 80.8 cm³/mol. The maximum Gasteiger partial charge on any atom is 0.246 e. The number of sulfonamides is 2. The first-order valence-electron chi connectivity index (χ1n) is 6.93. The third-order valence-electron chi connectivity index (χ3n) is 3.58. The first-order chi connectivity index (χ1) is 10.2. The fraction of sp³-hybridized carbons (Fsp3) is 0.538. The summed E-state index contributed by atoms with van der Waals surface area (Å²) in [6.45, 7) is 0.249. The van der Waals surface area contributed by atoms with Crippen LogP contribution >= 0.6 is 0 Å². The van der Waals surface area contributed by atoms with E-state index in [0.717, 1.165) is 18.7 Å². The molecule has 0 radical (unpaired) electrons. The van der Waals surface area contributed by atoms with Crippen LogP contribution in [0.1, 0.15) is 19.3 Å². The SMILES string of the molecule is CS(=O)(=O)NC[C@@H]1CCCCN1S(=O)(=O)c1ccccc1F. The lowest BCUT2D eigenvalue weighted by molar-refractivity contribution is 0.252. The zero-order chi connectivity index (χ0) is 16.4. The van der Waals surface area contributed by atoms with E-state index >= 15 is 0 Å². The standard InChI is InChI=1S/C13H19FN2O4S2/c1-21(17,18)15-10-11-6-4-5-9-16(11)22(19,20)13-8-3-2-7-12(13)14/h2-3,7-8,11,15H,4-6,9-10H2,1H3/t11-/m0/s1. The average molecular weight is 350 g/mol. The Kier molecular flexibility index (Phi) is 5.21. The molecule has 1 saturated heterocycles. The highest BCUT2D eigenvalue weighted by Gasteiger charge is 2.35. The summed E-state index contributed by atoms with van der Waals surface area (Å²) in [4.78, 5) is -0.374. The van der Waals surface area contributed by atoms with E-state index in [9.17, 15) is 21.2 Å². The molecule has 2 rings (SSSR count). The van der Waals surface area contributed by atoms with E-state index in [1.165, 1.54) is 22.5 Å². The molecule has 1 aliphatic heterocycles. The quantitative estimate of drug-likeness (QED) is 0.856. The number of hydrogen-bond acceptors (Lipinski definition) is 4. The lowest BCUT2D eigenvalue weighted by Crippen LogP contribution is -2.49. The highest BCUT2D eigenvalue weighted by atomic mass is 32.2. The minimum absolute atomic E-state index is 0.00742. The third kappa shape index (κ3) is 4.03. The predicted octanol–water partition coefficient (Wildman–Crippen LogP) is 0.918. The lowest BCUT2D eigenvalue weighted by Gasteiger charge is -2.34. The topological polar surface area (TPSA) is 83.6 Å². The van der Waals surface area contributed by atoms with Crippen LogP contribution in [0.15, 0.2) is 29.2 Å². The minimum atomic E-state index is -3.99. The van der Waals surface area contributed by atoms with Gasteiger partial charge in [-0.05, 0) is 25.0 Å². The van der Waals surface area contributed by atoms with Crippen molar-refractivity contribution in [2.45, 2.75) is 30.2 Å². The van der Waals surface area contributed by atoms with Gasteiger partial charge in [-0.3, -0.25) is 0 Å². The van der Waals surface area contributed by atoms with E-state index in [2.05, 4.69) is 4.72 Å². The van der Waals surface area contributed by atoms with Crippen molar-refractivity contribution >= 4 is 20.0 Å². The van der Waals surface area contributed by atoms with Crippen molar-refractivity contribution in [2.75, 3.05) is 19.3 Å². The molecule has 6 nitrogen and oxygen atoms in total. The average Bonchev–Trinajstić information content (AvgIpc) is 2.45. The third-order valence-corrected chi connectivity index (χ3v) is 6.25. The van der Waals surface area contributed by atoms with Crippen LogP contribution in [0.3, 0.4) is 0 Å². The van der Waals surface area contributed by atoms with Gasteiger partial charge in [0, 0.05) is 19.1 Å². The maximum absolute atomic E-state index is 13.8. The molecule has 1 aromatic rings. The first kappa shape index (κ1) is 17.3. The molecule has 1 N–H and O–H groups in total. The molecule has 0 aromatic heterocycles. The lowest BCUT2D eigenvalue weighted by atomic mass is 10.1. The molecule has 22 heavy (non-hydrogen) atoms. The molecule has 1 aliphatic rings. The van der Waals surface area contributed by atoms with Crippen LogP contribution in [0.2, 0.25) is 0 Å². The molecule has 0 aliphatic carbocycles. The van der Waals surface area contributed by atoms with Gasteiger partial charge in [0.2, 0.25) is 20.0 Å². The van der Waals surface area contributed by atoms with Crippen LogP contribution in [0.25, 0.3) is 0 Å². The molecule has 124 valence electrons. The monoisotopic (exact) mass is 350 g/mol. The van der Waals surface area contributed by atoms with E-state index in [4.69, 9.17) is 0 Å². The van der Waals surface area contributed by atoms with Gasteiger partial charge in [0.05, 0.1) is 6.26 Å². The maximum atomic E-state index is 13.8. The zero-order valence-electron chi connectivity index (χ0n) is 12.2. The summed E-state index contributed by atoms with van der Waals surface area (Å²) in [5, 5.41) is 0. The largest absolute Gasteiger partial charge is 0.246 e. The molecule has 0 unspecified atom stereocenters. The summed E-state index contributed by atoms with van der Waals surface area (Å²) in [6.07, 6.45) is 3.03. The van der Waals surface area contributed by atoms with E-state index in [1.807, 2.05) is 0 Å². The summed E-state index contributed by atoms with van der Waals surface area (Å²) in [5.41, 5.74) is 0. The Morgan fingerprint density at radius 3 is 2.55 bits per heavy atom. The Bertz CT molecular complexity index is 734. The van der Waals surface area contributed by atoms with Crippen LogP contribution < -0.4 is 4.72 Å². The first-order valence-corrected chi connectivity index (χ1v) is 10.3. The number of halogens is 1. The van der Waals surface area contributed by atoms with Crippen molar-refractivity contribution in [3.63, 3.8) is 0 Å². The van der Waals surface area contributed by atoms with E-state index < -0.39 is 31.9 Å². The molecule has 1 heterocycles. The van der Waals surface area contributed by atoms with Gasteiger partial charge < -0.3 is 0 Å². The molecule has 0 saturated carbocycles. The molecule has 0 bridgehead atoms. The number of nitrogens with one attached hydrogen (secondary N) is 1. The van der Waals surface area contributed by atoms with Gasteiger partial charge in [0.1, 0.15) is 10.7 Å². The second-order valence-electron chi connectivity index (χ2n) is 5.32. The number of nitrogens with zero attached hydrogens (tertiary/aromatic N) is 1. The van der Waals surface area contributed by atoms with Crippen LogP contribution in [0.4, 0.5) is 4.39 Å². The Balaban J connectivity index is 2.28. The van der Waals surface area contributed by atoms with Gasteiger partial charge in [0.15, 0.2) is 0 Å². The van der Waals surface area contributed by atoms with Crippen LogP contribution in [-0.2, 0) is 20.0 Å². The van der Waals surface area contributed by atoms with E-state index in [-0.39, 0.29) is 18.0 Å². The summed E-state index contributed by atoms with van der Waals surface area (Å²) < 4.78 is 65.1. The smallest absolute Gasteiger partial charge is 0.214 e. The van der Waals surface area contributed by atoms with E-state index in [1.54, 1.807) is 0 Å². The molecule has 0 amide bonds. The van der Waals surface area contributed by atoms with Gasteiger partial charge in [-0.15, -0.1) is 0 Å². The van der Waals surface area contributed by atoms with Crippen molar-refractivity contribution in [1.82, 2.24) is 9.03 Å². The molecule has 0 spiro atoms. The fourth-order valence-corrected chi connectivity index (χ4v) is 4.78. The molecule has 1 fully saturated rings. The second kappa shape index (κ2) is 6.61. The molecule has 1 atom stereocenters. The highest BCUT2D eigenvalue weighted by molar-refractivity contribution is 7.89. The Morgan fingerprint density at radius 2 is 1.91 bits per heavy atom. The Labute approximate surface area is 130 Å². The van der Waals surface area contributed by atoms with Crippen LogP contribution in [-0.4, -0.2) is 46.5 Å². The summed E-state index contributed by atoms with van der Waals surface area (Å²) in [7, 11) is -7.40. The number of benzene rings is 1. The molecular formula is C13H19FN2O4S2. The molecule has 9 heteroatoms. The van der Waals surface area contributed by atoms with Crippen LogP contribution in [0, 0.1) is 5.82 Å². The van der Waals surface area contributed by atoms with Crippen molar-refractivity contribution < 1.29 is 21.2 Å². The van der Waals surface area contributed by atoms with Gasteiger partial charge >= 0.3 is 0 Å². The van der Waals surface area contributed by atoms with Gasteiger partial charge in [-0.25, -0.2) is 25.9 Å². The Morgan fingerprint density at radius 1 is 1.23 bits per heavy atom. The van der Waals surface area contributed by atoms with Gasteiger partial charge in [-0.1, -0.05) is 18.6 Å². The number of rotatable bonds is 5. The van der Waals surface area contributed by atoms with Gasteiger partial charge in [0.25, 0.3) is 0 Å². The summed E-state index contributed by atoms with van der Waals surface area (Å²) >= 11 is 0. The summed E-state index contributed by atoms with van der Waals surface area (Å²) in [6, 6.07) is 4.70. The summed E-state index contributed by atoms with van der Waals surface area (Å²) in [5.74, 6) is -0.803. The van der Waals surface area contributed by atoms with Gasteiger partial charge in [-0.2, -0.15) is 4.31 Å². The number of piperidine rings is 1. The van der Waals surface area contributed by atoms with Crippen molar-refractivity contribution in [1.29, 1.82) is 0 Å². The van der Waals surface area contributed by atoms with Crippen molar-refractivity contribution in [3.8, 4) is 0 Å². The normalized spacial score (nSPS) is 20.9.